The lowest BCUT2D eigenvalue weighted by molar-refractivity contribution is 0.223. The van der Waals surface area contributed by atoms with Crippen LogP contribution in [0.4, 0.5) is 0 Å². The fraction of sp³-hybridized carbons (Fsp3) is 0.444. The van der Waals surface area contributed by atoms with Crippen LogP contribution in [0.2, 0.25) is 0 Å². The number of nitrogens with zero attached hydrogens (tertiary/aromatic N) is 2. The van der Waals surface area contributed by atoms with E-state index in [-0.39, 0.29) is 6.10 Å². The quantitative estimate of drug-likeness (QED) is 0.586. The molecule has 0 saturated carbocycles. The van der Waals surface area contributed by atoms with Crippen molar-refractivity contribution in [1.82, 2.24) is 15.6 Å². The third kappa shape index (κ3) is 5.94. The zero-order valence-corrected chi connectivity index (χ0v) is 16.2. The summed E-state index contributed by atoms with van der Waals surface area (Å²) in [7, 11) is 3.40. The van der Waals surface area contributed by atoms with Crippen LogP contribution >= 0.6 is 11.3 Å². The summed E-state index contributed by atoms with van der Waals surface area (Å²) < 4.78 is 11.1. The number of rotatable bonds is 7. The molecule has 2 rings (SSSR count). The summed E-state index contributed by atoms with van der Waals surface area (Å²) in [5.41, 5.74) is 1.07. The first-order chi connectivity index (χ1) is 12.0. The maximum atomic E-state index is 5.90. The van der Waals surface area contributed by atoms with Crippen molar-refractivity contribution >= 4 is 17.3 Å². The Hall–Kier alpha value is -2.28. The van der Waals surface area contributed by atoms with Gasteiger partial charge in [-0.2, -0.15) is 0 Å². The Morgan fingerprint density at radius 1 is 1.28 bits per heavy atom. The van der Waals surface area contributed by atoms with Crippen LogP contribution < -0.4 is 20.1 Å². The lowest BCUT2D eigenvalue weighted by Crippen LogP contribution is -2.41. The van der Waals surface area contributed by atoms with E-state index in [1.807, 2.05) is 45.0 Å². The lowest BCUT2D eigenvalue weighted by Gasteiger charge is -2.18. The summed E-state index contributed by atoms with van der Waals surface area (Å²) in [6.07, 6.45) is -0.0157. The molecule has 136 valence electrons. The number of hydrogen-bond acceptors (Lipinski definition) is 5. The van der Waals surface area contributed by atoms with Crippen molar-refractivity contribution in [3.8, 4) is 11.5 Å². The average Bonchev–Trinajstić information content (AvgIpc) is 2.92. The number of guanidine groups is 1. The molecule has 1 atom stereocenters. The van der Waals surface area contributed by atoms with Crippen LogP contribution in [0.15, 0.2) is 29.3 Å². The summed E-state index contributed by atoms with van der Waals surface area (Å²) in [4.78, 5) is 9.91. The van der Waals surface area contributed by atoms with Crippen molar-refractivity contribution in [2.24, 2.45) is 4.99 Å². The molecule has 0 amide bonds. The number of benzene rings is 1. The van der Waals surface area contributed by atoms with Crippen LogP contribution in [0.1, 0.15) is 22.5 Å². The molecule has 0 bridgehead atoms. The van der Waals surface area contributed by atoms with Crippen LogP contribution in [-0.2, 0) is 6.54 Å². The van der Waals surface area contributed by atoms with Gasteiger partial charge in [-0.1, -0.05) is 6.07 Å². The number of aryl methyl sites for hydroxylation is 2. The summed E-state index contributed by atoms with van der Waals surface area (Å²) in [5.74, 6) is 2.31. The highest BCUT2D eigenvalue weighted by Crippen LogP contribution is 2.20. The molecule has 0 spiro atoms. The average molecular weight is 362 g/mol. The fourth-order valence-electron chi connectivity index (χ4n) is 2.31. The second kappa shape index (κ2) is 9.27. The van der Waals surface area contributed by atoms with Crippen molar-refractivity contribution in [3.05, 3.63) is 39.8 Å². The first-order valence-corrected chi connectivity index (χ1v) is 9.01. The zero-order chi connectivity index (χ0) is 18.2. The molecule has 6 nitrogen and oxygen atoms in total. The van der Waals surface area contributed by atoms with Crippen molar-refractivity contribution in [2.75, 3.05) is 20.7 Å². The van der Waals surface area contributed by atoms with Crippen molar-refractivity contribution in [2.45, 2.75) is 33.4 Å². The lowest BCUT2D eigenvalue weighted by atomic mass is 10.3. The van der Waals surface area contributed by atoms with E-state index >= 15 is 0 Å². The molecule has 0 aliphatic carbocycles. The minimum atomic E-state index is -0.0157. The molecule has 0 fully saturated rings. The predicted molar refractivity (Wildman–Crippen MR) is 103 cm³/mol. The third-order valence-electron chi connectivity index (χ3n) is 3.58. The highest BCUT2D eigenvalue weighted by atomic mass is 32.1. The van der Waals surface area contributed by atoms with Crippen molar-refractivity contribution in [1.29, 1.82) is 0 Å². The van der Waals surface area contributed by atoms with Gasteiger partial charge in [-0.15, -0.1) is 11.3 Å². The Kier molecular flexibility index (Phi) is 7.06. The standard InChI is InChI=1S/C18H26N4O2S/c1-12(24-16-8-6-7-15(9-16)23-5)10-20-18(19-4)21-11-17-13(2)22-14(3)25-17/h6-9,12H,10-11H2,1-5H3,(H2,19,20,21). The topological polar surface area (TPSA) is 67.8 Å². The van der Waals surface area contributed by atoms with Gasteiger partial charge in [0.05, 0.1) is 30.9 Å². The molecule has 1 unspecified atom stereocenters. The van der Waals surface area contributed by atoms with Gasteiger partial charge >= 0.3 is 0 Å². The predicted octanol–water partition coefficient (Wildman–Crippen LogP) is 2.90. The van der Waals surface area contributed by atoms with Crippen LogP contribution in [0.25, 0.3) is 0 Å². The number of aliphatic imine (C=N–C) groups is 1. The van der Waals surface area contributed by atoms with E-state index in [0.29, 0.717) is 13.1 Å². The van der Waals surface area contributed by atoms with E-state index < -0.39 is 0 Å². The van der Waals surface area contributed by atoms with Crippen molar-refractivity contribution in [3.63, 3.8) is 0 Å². The molecule has 0 saturated heterocycles. The summed E-state index contributed by atoms with van der Waals surface area (Å²) in [5, 5.41) is 7.67. The smallest absolute Gasteiger partial charge is 0.191 e. The third-order valence-corrected chi connectivity index (χ3v) is 4.65. The van der Waals surface area contributed by atoms with E-state index in [0.717, 1.165) is 28.2 Å². The number of aromatic nitrogens is 1. The molecule has 1 heterocycles. The Bertz CT molecular complexity index is 715. The fourth-order valence-corrected chi connectivity index (χ4v) is 3.19. The number of thiazole rings is 1. The maximum absolute atomic E-state index is 5.90. The minimum Gasteiger partial charge on any atom is -0.497 e. The molecule has 2 aromatic rings. The highest BCUT2D eigenvalue weighted by Gasteiger charge is 2.08. The van der Waals surface area contributed by atoms with Crippen molar-refractivity contribution < 1.29 is 9.47 Å². The van der Waals surface area contributed by atoms with Gasteiger partial charge in [-0.3, -0.25) is 4.99 Å². The first kappa shape index (κ1) is 19.1. The van der Waals surface area contributed by atoms with Crippen LogP contribution in [0.5, 0.6) is 11.5 Å². The first-order valence-electron chi connectivity index (χ1n) is 8.20. The zero-order valence-electron chi connectivity index (χ0n) is 15.4. The van der Waals surface area contributed by atoms with E-state index in [1.165, 1.54) is 4.88 Å². The normalized spacial score (nSPS) is 12.6. The van der Waals surface area contributed by atoms with E-state index in [4.69, 9.17) is 9.47 Å². The largest absolute Gasteiger partial charge is 0.497 e. The number of nitrogens with one attached hydrogen (secondary N) is 2. The van der Waals surface area contributed by atoms with Gasteiger partial charge in [0.25, 0.3) is 0 Å². The summed E-state index contributed by atoms with van der Waals surface area (Å²) in [6, 6.07) is 7.60. The second-order valence-corrected chi connectivity index (χ2v) is 6.94. The monoisotopic (exact) mass is 362 g/mol. The van der Waals surface area contributed by atoms with E-state index in [9.17, 15) is 0 Å². The van der Waals surface area contributed by atoms with Gasteiger partial charge < -0.3 is 20.1 Å². The summed E-state index contributed by atoms with van der Waals surface area (Å²) >= 11 is 1.70. The molecule has 7 heteroatoms. The van der Waals surface area contributed by atoms with Crippen LogP contribution in [0.3, 0.4) is 0 Å². The SMILES string of the molecule is CN=C(NCc1sc(C)nc1C)NCC(C)Oc1cccc(OC)c1. The maximum Gasteiger partial charge on any atom is 0.191 e. The van der Waals surface area contributed by atoms with Gasteiger partial charge in [0.15, 0.2) is 5.96 Å². The van der Waals surface area contributed by atoms with Gasteiger partial charge in [0.1, 0.15) is 17.6 Å². The van der Waals surface area contributed by atoms with Gasteiger partial charge in [0.2, 0.25) is 0 Å². The Balaban J connectivity index is 1.80. The Labute approximate surface area is 153 Å². The highest BCUT2D eigenvalue weighted by molar-refractivity contribution is 7.11. The molecule has 0 aliphatic heterocycles. The Morgan fingerprint density at radius 3 is 2.68 bits per heavy atom. The Morgan fingerprint density at radius 2 is 2.04 bits per heavy atom. The van der Waals surface area contributed by atoms with Crippen LogP contribution in [0, 0.1) is 13.8 Å². The van der Waals surface area contributed by atoms with E-state index in [2.05, 4.69) is 20.6 Å². The molecule has 2 N–H and O–H groups in total. The van der Waals surface area contributed by atoms with Gasteiger partial charge in [0, 0.05) is 18.0 Å². The summed E-state index contributed by atoms with van der Waals surface area (Å²) in [6.45, 7) is 7.41. The minimum absolute atomic E-state index is 0.0157. The molecular weight excluding hydrogens is 336 g/mol. The number of methoxy groups -OCH3 is 1. The molecule has 1 aromatic carbocycles. The second-order valence-electron chi connectivity index (χ2n) is 5.66. The number of hydrogen-bond donors (Lipinski definition) is 2. The molecule has 0 aliphatic rings. The molecule has 1 aromatic heterocycles. The molecule has 25 heavy (non-hydrogen) atoms. The van der Waals surface area contributed by atoms with E-state index in [1.54, 1.807) is 25.5 Å². The van der Waals surface area contributed by atoms with Gasteiger partial charge in [-0.25, -0.2) is 4.98 Å². The molecule has 0 radical (unpaired) electrons. The number of ether oxygens (including phenoxy) is 2. The van der Waals surface area contributed by atoms with Crippen LogP contribution in [-0.4, -0.2) is 37.7 Å². The van der Waals surface area contributed by atoms with Gasteiger partial charge in [-0.05, 0) is 32.9 Å². The molecular formula is C18H26N4O2S.